The molecule has 0 saturated carbocycles. The van der Waals surface area contributed by atoms with E-state index in [1.54, 1.807) is 0 Å². The minimum absolute atomic E-state index is 0.0594. The lowest BCUT2D eigenvalue weighted by molar-refractivity contribution is -0.122. The molecule has 6 heteroatoms. The molecule has 1 saturated heterocycles. The van der Waals surface area contributed by atoms with Crippen LogP contribution >= 0.6 is 11.5 Å². The van der Waals surface area contributed by atoms with Crippen LogP contribution < -0.4 is 10.2 Å². The predicted octanol–water partition coefficient (Wildman–Crippen LogP) is 0.171. The molecule has 0 radical (unpaired) electrons. The Bertz CT molecular complexity index is 351. The standard InChI is InChI=1S/C8H12N4OS/c1-5-7(13)9-3-4-12(5)8-10-6(2)11-14-8/h5H,3-4H2,1-2H3,(H,9,13). The number of amides is 1. The second kappa shape index (κ2) is 3.53. The molecule has 14 heavy (non-hydrogen) atoms. The molecule has 1 aromatic rings. The molecule has 0 aromatic carbocycles. The van der Waals surface area contributed by atoms with Crippen molar-refractivity contribution >= 4 is 22.6 Å². The van der Waals surface area contributed by atoms with Crippen LogP contribution in [0.3, 0.4) is 0 Å². The van der Waals surface area contributed by atoms with Gasteiger partial charge in [-0.05, 0) is 13.8 Å². The van der Waals surface area contributed by atoms with Gasteiger partial charge in [-0.1, -0.05) is 0 Å². The Kier molecular flexibility index (Phi) is 2.37. The Morgan fingerprint density at radius 1 is 1.64 bits per heavy atom. The third-order valence-electron chi connectivity index (χ3n) is 2.26. The highest BCUT2D eigenvalue weighted by Gasteiger charge is 2.27. The van der Waals surface area contributed by atoms with E-state index < -0.39 is 0 Å². The Labute approximate surface area is 86.3 Å². The van der Waals surface area contributed by atoms with Crippen molar-refractivity contribution in [3.8, 4) is 0 Å². The maximum atomic E-state index is 11.4. The number of hydrogen-bond acceptors (Lipinski definition) is 5. The summed E-state index contributed by atoms with van der Waals surface area (Å²) in [6.07, 6.45) is 0. The lowest BCUT2D eigenvalue weighted by atomic mass is 10.2. The first-order chi connectivity index (χ1) is 6.68. The molecule has 1 aromatic heterocycles. The SMILES string of the molecule is Cc1nsc(N2CCNC(=O)C2C)n1. The highest BCUT2D eigenvalue weighted by Crippen LogP contribution is 2.20. The molecule has 1 amide bonds. The van der Waals surface area contributed by atoms with Crippen LogP contribution in [0.25, 0.3) is 0 Å². The van der Waals surface area contributed by atoms with Crippen molar-refractivity contribution in [1.29, 1.82) is 0 Å². The van der Waals surface area contributed by atoms with E-state index in [4.69, 9.17) is 0 Å². The number of nitrogens with zero attached hydrogens (tertiary/aromatic N) is 3. The van der Waals surface area contributed by atoms with Crippen LogP contribution in [0.2, 0.25) is 0 Å². The van der Waals surface area contributed by atoms with Crippen molar-refractivity contribution in [3.05, 3.63) is 5.82 Å². The zero-order valence-electron chi connectivity index (χ0n) is 8.15. The van der Waals surface area contributed by atoms with Crippen molar-refractivity contribution < 1.29 is 4.79 Å². The fourth-order valence-corrected chi connectivity index (χ4v) is 2.23. The number of anilines is 1. The first-order valence-electron chi connectivity index (χ1n) is 4.53. The molecule has 1 atom stereocenters. The van der Waals surface area contributed by atoms with E-state index >= 15 is 0 Å². The molecule has 1 fully saturated rings. The van der Waals surface area contributed by atoms with E-state index in [1.165, 1.54) is 11.5 Å². The highest BCUT2D eigenvalue weighted by molar-refractivity contribution is 7.09. The van der Waals surface area contributed by atoms with Gasteiger partial charge >= 0.3 is 0 Å². The van der Waals surface area contributed by atoms with Crippen LogP contribution in [-0.2, 0) is 4.79 Å². The van der Waals surface area contributed by atoms with Gasteiger partial charge in [0, 0.05) is 24.6 Å². The fraction of sp³-hybridized carbons (Fsp3) is 0.625. The zero-order valence-corrected chi connectivity index (χ0v) is 8.97. The molecule has 1 aliphatic rings. The third-order valence-corrected chi connectivity index (χ3v) is 3.11. The predicted molar refractivity (Wildman–Crippen MR) is 54.5 cm³/mol. The van der Waals surface area contributed by atoms with Gasteiger partial charge in [-0.25, -0.2) is 4.98 Å². The summed E-state index contributed by atoms with van der Waals surface area (Å²) < 4.78 is 4.11. The molecule has 2 heterocycles. The van der Waals surface area contributed by atoms with Crippen LogP contribution in [0.1, 0.15) is 12.7 Å². The molecule has 1 N–H and O–H groups in total. The number of nitrogens with one attached hydrogen (secondary N) is 1. The van der Waals surface area contributed by atoms with Crippen molar-refractivity contribution in [2.24, 2.45) is 0 Å². The zero-order chi connectivity index (χ0) is 10.1. The van der Waals surface area contributed by atoms with Crippen LogP contribution in [0.5, 0.6) is 0 Å². The summed E-state index contributed by atoms with van der Waals surface area (Å²) in [5.74, 6) is 0.826. The van der Waals surface area contributed by atoms with Crippen molar-refractivity contribution in [3.63, 3.8) is 0 Å². The minimum Gasteiger partial charge on any atom is -0.353 e. The third kappa shape index (κ3) is 1.57. The molecule has 5 nitrogen and oxygen atoms in total. The fourth-order valence-electron chi connectivity index (χ4n) is 1.45. The molecule has 1 aliphatic heterocycles. The number of carbonyl (C=O) groups excluding carboxylic acids is 1. The van der Waals surface area contributed by atoms with E-state index in [1.807, 2.05) is 18.7 Å². The smallest absolute Gasteiger partial charge is 0.242 e. The lowest BCUT2D eigenvalue weighted by Crippen LogP contribution is -2.54. The van der Waals surface area contributed by atoms with Crippen LogP contribution in [0.4, 0.5) is 5.13 Å². The summed E-state index contributed by atoms with van der Waals surface area (Å²) in [4.78, 5) is 17.7. The largest absolute Gasteiger partial charge is 0.353 e. The molecule has 1 unspecified atom stereocenters. The number of aryl methyl sites for hydroxylation is 1. The maximum Gasteiger partial charge on any atom is 0.242 e. The monoisotopic (exact) mass is 212 g/mol. The lowest BCUT2D eigenvalue weighted by Gasteiger charge is -2.31. The number of aromatic nitrogens is 2. The molecular formula is C8H12N4OS. The van der Waals surface area contributed by atoms with Gasteiger partial charge in [0.05, 0.1) is 0 Å². The molecule has 0 spiro atoms. The number of hydrogen-bond donors (Lipinski definition) is 1. The average molecular weight is 212 g/mol. The summed E-state index contributed by atoms with van der Waals surface area (Å²) in [6.45, 7) is 5.23. The summed E-state index contributed by atoms with van der Waals surface area (Å²) in [7, 11) is 0. The summed E-state index contributed by atoms with van der Waals surface area (Å²) in [6, 6.07) is -0.143. The van der Waals surface area contributed by atoms with Gasteiger partial charge in [0.15, 0.2) is 0 Å². The van der Waals surface area contributed by atoms with Crippen molar-refractivity contribution in [2.45, 2.75) is 19.9 Å². The van der Waals surface area contributed by atoms with Gasteiger partial charge in [0.2, 0.25) is 11.0 Å². The van der Waals surface area contributed by atoms with Crippen LogP contribution in [0.15, 0.2) is 0 Å². The summed E-state index contributed by atoms with van der Waals surface area (Å²) in [5.41, 5.74) is 0. The van der Waals surface area contributed by atoms with Crippen molar-refractivity contribution in [2.75, 3.05) is 18.0 Å². The van der Waals surface area contributed by atoms with E-state index in [0.717, 1.165) is 17.5 Å². The van der Waals surface area contributed by atoms with Crippen molar-refractivity contribution in [1.82, 2.24) is 14.7 Å². The van der Waals surface area contributed by atoms with Crippen LogP contribution in [0, 0.1) is 6.92 Å². The number of piperazine rings is 1. The number of rotatable bonds is 1. The number of carbonyl (C=O) groups is 1. The Hall–Kier alpha value is -1.17. The highest BCUT2D eigenvalue weighted by atomic mass is 32.1. The summed E-state index contributed by atoms with van der Waals surface area (Å²) in [5, 5.41) is 3.65. The molecule has 0 aliphatic carbocycles. The van der Waals surface area contributed by atoms with E-state index in [0.29, 0.717) is 6.54 Å². The van der Waals surface area contributed by atoms with Gasteiger partial charge in [-0.2, -0.15) is 4.37 Å². The van der Waals surface area contributed by atoms with Gasteiger partial charge in [0.25, 0.3) is 0 Å². The molecule has 0 bridgehead atoms. The average Bonchev–Trinajstić information content (AvgIpc) is 2.57. The maximum absolute atomic E-state index is 11.4. The van der Waals surface area contributed by atoms with Gasteiger partial charge < -0.3 is 10.2 Å². The Morgan fingerprint density at radius 3 is 3.07 bits per heavy atom. The van der Waals surface area contributed by atoms with E-state index in [9.17, 15) is 4.79 Å². The van der Waals surface area contributed by atoms with Gasteiger partial charge in [0.1, 0.15) is 11.9 Å². The van der Waals surface area contributed by atoms with Crippen LogP contribution in [-0.4, -0.2) is 34.4 Å². The van der Waals surface area contributed by atoms with Gasteiger partial charge in [-0.15, -0.1) is 0 Å². The first kappa shape index (κ1) is 9.39. The normalized spacial score (nSPS) is 22.3. The second-order valence-electron chi connectivity index (χ2n) is 3.28. The molecule has 76 valence electrons. The Morgan fingerprint density at radius 2 is 2.43 bits per heavy atom. The quantitative estimate of drug-likeness (QED) is 0.721. The summed E-state index contributed by atoms with van der Waals surface area (Å²) >= 11 is 1.35. The van der Waals surface area contributed by atoms with E-state index in [2.05, 4.69) is 14.7 Å². The molecule has 2 rings (SSSR count). The topological polar surface area (TPSA) is 58.1 Å². The molecular weight excluding hydrogens is 200 g/mol. The minimum atomic E-state index is -0.143. The Balaban J connectivity index is 2.21. The first-order valence-corrected chi connectivity index (χ1v) is 5.30. The van der Waals surface area contributed by atoms with Gasteiger partial charge in [-0.3, -0.25) is 4.79 Å². The second-order valence-corrected chi connectivity index (χ2v) is 4.01. The van der Waals surface area contributed by atoms with E-state index in [-0.39, 0.29) is 11.9 Å².